The molecule has 0 aliphatic rings. The molecule has 0 spiro atoms. The summed E-state index contributed by atoms with van der Waals surface area (Å²) in [5.74, 6) is -0.0109. The standard InChI is InChI=1S/C15H15N3O2S3/c1-8(14(20)18(2)3)23-15-16-12(19)11-9(7-22-13(11)17-15)10-5-4-6-21-10/h4-8H,1-3H3,(H,16,17,19)/t8-/m0/s1. The molecule has 0 saturated carbocycles. The molecule has 23 heavy (non-hydrogen) atoms. The SMILES string of the molecule is C[C@H](Sc1nc2scc(-c3cccs3)c2c(=O)[nH]1)C(=O)N(C)C. The molecule has 0 unspecified atom stereocenters. The summed E-state index contributed by atoms with van der Waals surface area (Å²) in [4.78, 5) is 35.0. The number of nitrogens with zero attached hydrogens (tertiary/aromatic N) is 2. The second-order valence-electron chi connectivity index (χ2n) is 5.17. The average molecular weight is 366 g/mol. The third-order valence-corrected chi connectivity index (χ3v) is 6.03. The van der Waals surface area contributed by atoms with Gasteiger partial charge in [-0.15, -0.1) is 22.7 Å². The quantitative estimate of drug-likeness (QED) is 0.569. The lowest BCUT2D eigenvalue weighted by atomic mass is 10.2. The van der Waals surface area contributed by atoms with Crippen LogP contribution in [0.1, 0.15) is 6.92 Å². The average Bonchev–Trinajstić information content (AvgIpc) is 3.14. The van der Waals surface area contributed by atoms with Crippen molar-refractivity contribution in [1.29, 1.82) is 0 Å². The van der Waals surface area contributed by atoms with Crippen molar-refractivity contribution in [3.8, 4) is 10.4 Å². The van der Waals surface area contributed by atoms with E-state index in [1.165, 1.54) is 28.0 Å². The van der Waals surface area contributed by atoms with Crippen LogP contribution in [0.2, 0.25) is 0 Å². The fourth-order valence-corrected chi connectivity index (χ4v) is 4.94. The number of rotatable bonds is 4. The maximum atomic E-state index is 12.5. The van der Waals surface area contributed by atoms with Gasteiger partial charge in [-0.05, 0) is 18.4 Å². The monoisotopic (exact) mass is 365 g/mol. The highest BCUT2D eigenvalue weighted by molar-refractivity contribution is 8.00. The molecule has 0 bridgehead atoms. The lowest BCUT2D eigenvalue weighted by molar-refractivity contribution is -0.127. The first-order valence-corrected chi connectivity index (χ1v) is 9.54. The number of hydrogen-bond donors (Lipinski definition) is 1. The molecule has 0 aromatic carbocycles. The van der Waals surface area contributed by atoms with Crippen LogP contribution >= 0.6 is 34.4 Å². The first kappa shape index (κ1) is 16.2. The molecule has 3 heterocycles. The van der Waals surface area contributed by atoms with E-state index in [0.717, 1.165) is 10.4 Å². The number of carbonyl (C=O) groups is 1. The predicted molar refractivity (Wildman–Crippen MR) is 97.6 cm³/mol. The maximum Gasteiger partial charge on any atom is 0.260 e. The van der Waals surface area contributed by atoms with Crippen molar-refractivity contribution in [2.24, 2.45) is 0 Å². The highest BCUT2D eigenvalue weighted by Crippen LogP contribution is 2.34. The van der Waals surface area contributed by atoms with Gasteiger partial charge in [0, 0.05) is 29.9 Å². The second kappa shape index (κ2) is 6.46. The topological polar surface area (TPSA) is 66.1 Å². The van der Waals surface area contributed by atoms with Crippen molar-refractivity contribution in [2.45, 2.75) is 17.3 Å². The Kier molecular flexibility index (Phi) is 4.56. The summed E-state index contributed by atoms with van der Waals surface area (Å²) in [5.41, 5.74) is 0.759. The fraction of sp³-hybridized carbons (Fsp3) is 0.267. The molecule has 0 radical (unpaired) electrons. The van der Waals surface area contributed by atoms with E-state index in [1.807, 2.05) is 29.8 Å². The van der Waals surface area contributed by atoms with Crippen LogP contribution in [-0.2, 0) is 4.79 Å². The highest BCUT2D eigenvalue weighted by Gasteiger charge is 2.19. The van der Waals surface area contributed by atoms with Gasteiger partial charge in [0.1, 0.15) is 4.83 Å². The van der Waals surface area contributed by atoms with Crippen LogP contribution < -0.4 is 5.56 Å². The third-order valence-electron chi connectivity index (χ3n) is 3.29. The van der Waals surface area contributed by atoms with Gasteiger partial charge >= 0.3 is 0 Å². The highest BCUT2D eigenvalue weighted by atomic mass is 32.2. The van der Waals surface area contributed by atoms with Gasteiger partial charge in [-0.2, -0.15) is 0 Å². The van der Waals surface area contributed by atoms with Crippen molar-refractivity contribution >= 4 is 50.6 Å². The number of thiophene rings is 2. The Hall–Kier alpha value is -1.64. The molecule has 120 valence electrons. The number of fused-ring (bicyclic) bond motifs is 1. The Morgan fingerprint density at radius 3 is 2.83 bits per heavy atom. The molecule has 0 aliphatic carbocycles. The Labute approximate surface area is 145 Å². The Morgan fingerprint density at radius 2 is 2.17 bits per heavy atom. The van der Waals surface area contributed by atoms with Crippen LogP contribution in [0.4, 0.5) is 0 Å². The largest absolute Gasteiger partial charge is 0.348 e. The van der Waals surface area contributed by atoms with E-state index in [1.54, 1.807) is 25.4 Å². The van der Waals surface area contributed by atoms with E-state index in [0.29, 0.717) is 15.4 Å². The van der Waals surface area contributed by atoms with E-state index in [9.17, 15) is 9.59 Å². The first-order chi connectivity index (χ1) is 11.0. The normalized spacial score (nSPS) is 12.5. The molecule has 0 saturated heterocycles. The summed E-state index contributed by atoms with van der Waals surface area (Å²) in [6.45, 7) is 1.81. The molecule has 1 N–H and O–H groups in total. The van der Waals surface area contributed by atoms with E-state index < -0.39 is 0 Å². The van der Waals surface area contributed by atoms with Gasteiger partial charge < -0.3 is 9.88 Å². The van der Waals surface area contributed by atoms with Crippen molar-refractivity contribution in [2.75, 3.05) is 14.1 Å². The Morgan fingerprint density at radius 1 is 1.39 bits per heavy atom. The lowest BCUT2D eigenvalue weighted by Crippen LogP contribution is -2.30. The van der Waals surface area contributed by atoms with E-state index >= 15 is 0 Å². The maximum absolute atomic E-state index is 12.5. The molecule has 5 nitrogen and oxygen atoms in total. The third kappa shape index (κ3) is 3.19. The minimum Gasteiger partial charge on any atom is -0.348 e. The summed E-state index contributed by atoms with van der Waals surface area (Å²) >= 11 is 4.31. The molecule has 1 amide bonds. The number of hydrogen-bond acceptors (Lipinski definition) is 6. The van der Waals surface area contributed by atoms with Gasteiger partial charge in [0.05, 0.1) is 10.6 Å². The van der Waals surface area contributed by atoms with Crippen LogP contribution in [0.3, 0.4) is 0 Å². The summed E-state index contributed by atoms with van der Waals surface area (Å²) in [5, 5.41) is 4.74. The molecule has 3 aromatic rings. The molecular formula is C15H15N3O2S3. The fourth-order valence-electron chi connectivity index (χ4n) is 2.18. The molecule has 3 aromatic heterocycles. The number of amides is 1. The Balaban J connectivity index is 1.97. The van der Waals surface area contributed by atoms with Gasteiger partial charge in [0.25, 0.3) is 5.56 Å². The Bertz CT molecular complexity index is 896. The van der Waals surface area contributed by atoms with Crippen molar-refractivity contribution < 1.29 is 4.79 Å². The predicted octanol–water partition coefficient (Wildman–Crippen LogP) is 3.28. The number of aromatic amines is 1. The number of carbonyl (C=O) groups excluding carboxylic acids is 1. The van der Waals surface area contributed by atoms with Crippen LogP contribution in [0.25, 0.3) is 20.7 Å². The second-order valence-corrected chi connectivity index (χ2v) is 8.31. The summed E-state index contributed by atoms with van der Waals surface area (Å²) in [7, 11) is 3.43. The van der Waals surface area contributed by atoms with E-state index in [2.05, 4.69) is 9.97 Å². The molecular weight excluding hydrogens is 350 g/mol. The smallest absolute Gasteiger partial charge is 0.260 e. The van der Waals surface area contributed by atoms with Crippen LogP contribution in [0, 0.1) is 0 Å². The van der Waals surface area contributed by atoms with E-state index in [4.69, 9.17) is 0 Å². The zero-order valence-corrected chi connectivity index (χ0v) is 15.3. The number of nitrogens with one attached hydrogen (secondary N) is 1. The van der Waals surface area contributed by atoms with Crippen molar-refractivity contribution in [3.63, 3.8) is 0 Å². The minimum absolute atomic E-state index is 0.0109. The summed E-state index contributed by atoms with van der Waals surface area (Å²) in [6, 6.07) is 3.95. The summed E-state index contributed by atoms with van der Waals surface area (Å²) in [6.07, 6.45) is 0. The number of H-pyrrole nitrogens is 1. The molecule has 0 aliphatic heterocycles. The zero-order valence-electron chi connectivity index (χ0n) is 12.8. The van der Waals surface area contributed by atoms with Crippen LogP contribution in [-0.4, -0.2) is 40.1 Å². The minimum atomic E-state index is -0.303. The molecule has 0 fully saturated rings. The van der Waals surface area contributed by atoms with Gasteiger partial charge in [-0.25, -0.2) is 4.98 Å². The molecule has 3 rings (SSSR count). The van der Waals surface area contributed by atoms with Gasteiger partial charge in [0.15, 0.2) is 5.16 Å². The molecule has 8 heteroatoms. The zero-order chi connectivity index (χ0) is 16.6. The van der Waals surface area contributed by atoms with Crippen LogP contribution in [0.5, 0.6) is 0 Å². The van der Waals surface area contributed by atoms with Gasteiger partial charge in [0.2, 0.25) is 5.91 Å². The summed E-state index contributed by atoms with van der Waals surface area (Å²) < 4.78 is 0. The first-order valence-electron chi connectivity index (χ1n) is 6.90. The van der Waals surface area contributed by atoms with Gasteiger partial charge in [-0.3, -0.25) is 9.59 Å². The van der Waals surface area contributed by atoms with Crippen molar-refractivity contribution in [3.05, 3.63) is 33.2 Å². The number of aromatic nitrogens is 2. The number of thioether (sulfide) groups is 1. The van der Waals surface area contributed by atoms with Crippen LogP contribution in [0.15, 0.2) is 32.8 Å². The lowest BCUT2D eigenvalue weighted by Gasteiger charge is -2.15. The van der Waals surface area contributed by atoms with E-state index in [-0.39, 0.29) is 16.7 Å². The van der Waals surface area contributed by atoms with Gasteiger partial charge in [-0.1, -0.05) is 17.8 Å². The van der Waals surface area contributed by atoms with Crippen molar-refractivity contribution in [1.82, 2.24) is 14.9 Å². The molecule has 1 atom stereocenters.